The molecule has 0 saturated heterocycles. The lowest BCUT2D eigenvalue weighted by Crippen LogP contribution is -2.06. The van der Waals surface area contributed by atoms with Gasteiger partial charge >= 0.3 is 0 Å². The molecule has 0 saturated carbocycles. The second-order valence-corrected chi connectivity index (χ2v) is 5.71. The van der Waals surface area contributed by atoms with Gasteiger partial charge in [-0.25, -0.2) is 0 Å². The van der Waals surface area contributed by atoms with Crippen LogP contribution in [0.3, 0.4) is 0 Å². The summed E-state index contributed by atoms with van der Waals surface area (Å²) in [6, 6.07) is 17.8. The van der Waals surface area contributed by atoms with E-state index in [1.165, 1.54) is 28.8 Å². The van der Waals surface area contributed by atoms with Crippen molar-refractivity contribution in [1.82, 2.24) is 0 Å². The lowest BCUT2D eigenvalue weighted by Gasteiger charge is -2.17. The molecular weight excluding hydrogens is 242 g/mol. The maximum atomic E-state index is 3.57. The molecule has 0 fully saturated rings. The predicted molar refractivity (Wildman–Crippen MR) is 88.4 cm³/mol. The molecule has 106 valence electrons. The van der Waals surface area contributed by atoms with Gasteiger partial charge in [-0.05, 0) is 49.4 Å². The molecule has 2 aromatic carbocycles. The lowest BCUT2D eigenvalue weighted by molar-refractivity contribution is 0.733. The van der Waals surface area contributed by atoms with E-state index in [9.17, 15) is 0 Å². The summed E-state index contributed by atoms with van der Waals surface area (Å²) in [5, 5.41) is 3.57. The summed E-state index contributed by atoms with van der Waals surface area (Å²) in [6.45, 7) is 8.85. The van der Waals surface area contributed by atoms with Gasteiger partial charge in [-0.2, -0.15) is 0 Å². The van der Waals surface area contributed by atoms with Crippen LogP contribution >= 0.6 is 0 Å². The number of nitrogens with one attached hydrogen (secondary N) is 1. The monoisotopic (exact) mass is 267 g/mol. The SMILES string of the molecule is CCC(C)c1ccc(NC(C)c2cccc(C)c2)cc1. The highest BCUT2D eigenvalue weighted by Gasteiger charge is 2.06. The normalized spacial score (nSPS) is 13.8. The maximum absolute atomic E-state index is 3.57. The Kier molecular flexibility index (Phi) is 4.84. The zero-order valence-electron chi connectivity index (χ0n) is 13.0. The van der Waals surface area contributed by atoms with E-state index in [1.54, 1.807) is 0 Å². The molecule has 0 aliphatic carbocycles. The summed E-state index contributed by atoms with van der Waals surface area (Å²) in [5.74, 6) is 0.637. The summed E-state index contributed by atoms with van der Waals surface area (Å²) < 4.78 is 0. The minimum Gasteiger partial charge on any atom is -0.379 e. The Morgan fingerprint density at radius 2 is 1.65 bits per heavy atom. The van der Waals surface area contributed by atoms with Crippen molar-refractivity contribution in [2.75, 3.05) is 5.32 Å². The maximum Gasteiger partial charge on any atom is 0.0485 e. The Bertz CT molecular complexity index is 542. The van der Waals surface area contributed by atoms with E-state index in [1.807, 2.05) is 0 Å². The molecule has 1 N–H and O–H groups in total. The number of hydrogen-bond acceptors (Lipinski definition) is 1. The molecular formula is C19H25N. The van der Waals surface area contributed by atoms with Crippen LogP contribution in [0.4, 0.5) is 5.69 Å². The summed E-state index contributed by atoms with van der Waals surface area (Å²) in [5.41, 5.74) is 5.24. The van der Waals surface area contributed by atoms with Crippen LogP contribution in [-0.2, 0) is 0 Å². The van der Waals surface area contributed by atoms with Crippen molar-refractivity contribution in [3.05, 3.63) is 65.2 Å². The molecule has 2 rings (SSSR count). The van der Waals surface area contributed by atoms with Crippen LogP contribution in [0.5, 0.6) is 0 Å². The highest BCUT2D eigenvalue weighted by atomic mass is 14.9. The van der Waals surface area contributed by atoms with Crippen molar-refractivity contribution in [3.63, 3.8) is 0 Å². The standard InChI is InChI=1S/C19H25N/c1-5-15(3)17-9-11-19(12-10-17)20-16(4)18-8-6-7-14(2)13-18/h6-13,15-16,20H,5H2,1-4H3. The molecule has 20 heavy (non-hydrogen) atoms. The molecule has 0 bridgehead atoms. The number of aryl methyl sites for hydroxylation is 1. The molecule has 0 aliphatic heterocycles. The van der Waals surface area contributed by atoms with Crippen LogP contribution in [0, 0.1) is 6.92 Å². The van der Waals surface area contributed by atoms with Crippen LogP contribution in [0.15, 0.2) is 48.5 Å². The van der Waals surface area contributed by atoms with Crippen molar-refractivity contribution in [1.29, 1.82) is 0 Å². The molecule has 0 spiro atoms. The molecule has 0 amide bonds. The number of hydrogen-bond donors (Lipinski definition) is 1. The van der Waals surface area contributed by atoms with Gasteiger partial charge in [-0.3, -0.25) is 0 Å². The third-order valence-corrected chi connectivity index (χ3v) is 4.02. The number of benzene rings is 2. The van der Waals surface area contributed by atoms with Crippen molar-refractivity contribution >= 4 is 5.69 Å². The van der Waals surface area contributed by atoms with Crippen molar-refractivity contribution in [2.45, 2.75) is 46.1 Å². The van der Waals surface area contributed by atoms with Gasteiger partial charge in [0.2, 0.25) is 0 Å². The first-order valence-electron chi connectivity index (χ1n) is 7.53. The second kappa shape index (κ2) is 6.60. The lowest BCUT2D eigenvalue weighted by atomic mass is 9.98. The highest BCUT2D eigenvalue weighted by molar-refractivity contribution is 5.47. The molecule has 0 aliphatic rings. The Morgan fingerprint density at radius 1 is 0.950 bits per heavy atom. The van der Waals surface area contributed by atoms with Crippen molar-refractivity contribution in [3.8, 4) is 0 Å². The first kappa shape index (κ1) is 14.6. The van der Waals surface area contributed by atoms with Crippen LogP contribution in [-0.4, -0.2) is 0 Å². The topological polar surface area (TPSA) is 12.0 Å². The minimum absolute atomic E-state index is 0.323. The summed E-state index contributed by atoms with van der Waals surface area (Å²) >= 11 is 0. The van der Waals surface area contributed by atoms with Gasteiger partial charge in [-0.1, -0.05) is 55.8 Å². The van der Waals surface area contributed by atoms with Gasteiger partial charge in [0, 0.05) is 11.7 Å². The Balaban J connectivity index is 2.06. The highest BCUT2D eigenvalue weighted by Crippen LogP contribution is 2.23. The number of anilines is 1. The van der Waals surface area contributed by atoms with Gasteiger partial charge in [0.25, 0.3) is 0 Å². The quantitative estimate of drug-likeness (QED) is 0.734. The predicted octanol–water partition coefficient (Wildman–Crippen LogP) is 5.68. The van der Waals surface area contributed by atoms with Gasteiger partial charge in [0.1, 0.15) is 0 Å². The van der Waals surface area contributed by atoms with Crippen molar-refractivity contribution in [2.24, 2.45) is 0 Å². The zero-order chi connectivity index (χ0) is 14.5. The second-order valence-electron chi connectivity index (χ2n) is 5.71. The fourth-order valence-electron chi connectivity index (χ4n) is 2.42. The van der Waals surface area contributed by atoms with E-state index < -0.39 is 0 Å². The minimum atomic E-state index is 0.323. The van der Waals surface area contributed by atoms with E-state index in [4.69, 9.17) is 0 Å². The molecule has 1 nitrogen and oxygen atoms in total. The molecule has 2 unspecified atom stereocenters. The van der Waals surface area contributed by atoms with Crippen LogP contribution in [0.1, 0.15) is 55.8 Å². The Hall–Kier alpha value is -1.76. The van der Waals surface area contributed by atoms with Crippen LogP contribution in [0.2, 0.25) is 0 Å². The van der Waals surface area contributed by atoms with E-state index >= 15 is 0 Å². The number of rotatable bonds is 5. The first-order chi connectivity index (χ1) is 9.60. The van der Waals surface area contributed by atoms with Crippen molar-refractivity contribution < 1.29 is 0 Å². The Labute approximate surface area is 123 Å². The Morgan fingerprint density at radius 3 is 2.25 bits per heavy atom. The fraction of sp³-hybridized carbons (Fsp3) is 0.368. The average Bonchev–Trinajstić information content (AvgIpc) is 2.47. The molecule has 0 radical (unpaired) electrons. The van der Waals surface area contributed by atoms with E-state index in [-0.39, 0.29) is 0 Å². The zero-order valence-corrected chi connectivity index (χ0v) is 13.0. The molecule has 2 atom stereocenters. The van der Waals surface area contributed by atoms with E-state index in [2.05, 4.69) is 81.5 Å². The van der Waals surface area contributed by atoms with Crippen LogP contribution < -0.4 is 5.32 Å². The van der Waals surface area contributed by atoms with Gasteiger partial charge < -0.3 is 5.32 Å². The largest absolute Gasteiger partial charge is 0.379 e. The third-order valence-electron chi connectivity index (χ3n) is 4.02. The smallest absolute Gasteiger partial charge is 0.0485 e. The molecule has 0 aromatic heterocycles. The average molecular weight is 267 g/mol. The molecule has 2 aromatic rings. The van der Waals surface area contributed by atoms with Gasteiger partial charge in [0.15, 0.2) is 0 Å². The first-order valence-corrected chi connectivity index (χ1v) is 7.53. The van der Waals surface area contributed by atoms with Crippen LogP contribution in [0.25, 0.3) is 0 Å². The third kappa shape index (κ3) is 3.63. The summed E-state index contributed by atoms with van der Waals surface area (Å²) in [6.07, 6.45) is 1.19. The van der Waals surface area contributed by atoms with Gasteiger partial charge in [0.05, 0.1) is 0 Å². The fourth-order valence-corrected chi connectivity index (χ4v) is 2.42. The van der Waals surface area contributed by atoms with Gasteiger partial charge in [-0.15, -0.1) is 0 Å². The summed E-state index contributed by atoms with van der Waals surface area (Å²) in [7, 11) is 0. The molecule has 0 heterocycles. The van der Waals surface area contributed by atoms with E-state index in [0.29, 0.717) is 12.0 Å². The molecule has 1 heteroatoms. The van der Waals surface area contributed by atoms with E-state index in [0.717, 1.165) is 0 Å². The summed E-state index contributed by atoms with van der Waals surface area (Å²) in [4.78, 5) is 0.